The van der Waals surface area contributed by atoms with E-state index in [9.17, 15) is 4.79 Å². The Morgan fingerprint density at radius 2 is 1.92 bits per heavy atom. The van der Waals surface area contributed by atoms with Crippen LogP contribution in [0.3, 0.4) is 0 Å². The second-order valence-corrected chi connectivity index (χ2v) is 7.75. The number of likely N-dealkylation sites (tertiary alicyclic amines) is 1. The van der Waals surface area contributed by atoms with Crippen LogP contribution in [0.15, 0.2) is 35.7 Å². The van der Waals surface area contributed by atoms with Gasteiger partial charge >= 0.3 is 0 Å². The van der Waals surface area contributed by atoms with Gasteiger partial charge in [0.05, 0.1) is 5.01 Å². The topological polar surface area (TPSA) is 45.2 Å². The zero-order valence-corrected chi connectivity index (χ0v) is 14.6. The second kappa shape index (κ2) is 7.03. The molecule has 1 N–H and O–H groups in total. The van der Waals surface area contributed by atoms with Crippen molar-refractivity contribution in [2.24, 2.45) is 0 Å². The summed E-state index contributed by atoms with van der Waals surface area (Å²) < 4.78 is 0. The lowest BCUT2D eigenvalue weighted by atomic mass is 10.0. The third-order valence-electron chi connectivity index (χ3n) is 4.91. The van der Waals surface area contributed by atoms with Gasteiger partial charge in [-0.05, 0) is 31.2 Å². The molecule has 0 unspecified atom stereocenters. The molecule has 0 radical (unpaired) electrons. The SMILES string of the molecule is O=C(NC1CCN(C2CC2)CC1)c1csc(Cc2ccccc2)n1. The maximum Gasteiger partial charge on any atom is 0.270 e. The molecule has 1 aliphatic carbocycles. The highest BCUT2D eigenvalue weighted by Crippen LogP contribution is 2.29. The summed E-state index contributed by atoms with van der Waals surface area (Å²) in [6.45, 7) is 2.23. The smallest absolute Gasteiger partial charge is 0.270 e. The van der Waals surface area contributed by atoms with Gasteiger partial charge in [0.2, 0.25) is 0 Å². The van der Waals surface area contributed by atoms with Crippen molar-refractivity contribution in [2.45, 2.75) is 44.2 Å². The van der Waals surface area contributed by atoms with Crippen LogP contribution in [0, 0.1) is 0 Å². The third-order valence-corrected chi connectivity index (χ3v) is 5.76. The predicted octanol–water partition coefficient (Wildman–Crippen LogP) is 3.09. The van der Waals surface area contributed by atoms with E-state index in [0.717, 1.165) is 43.4 Å². The van der Waals surface area contributed by atoms with Crippen molar-refractivity contribution in [1.29, 1.82) is 0 Å². The summed E-state index contributed by atoms with van der Waals surface area (Å²) in [6, 6.07) is 11.4. The Morgan fingerprint density at radius 1 is 1.17 bits per heavy atom. The maximum atomic E-state index is 12.4. The molecule has 0 spiro atoms. The molecule has 5 heteroatoms. The van der Waals surface area contributed by atoms with Gasteiger partial charge in [0.25, 0.3) is 5.91 Å². The van der Waals surface area contributed by atoms with Gasteiger partial charge in [-0.1, -0.05) is 30.3 Å². The van der Waals surface area contributed by atoms with E-state index in [1.165, 1.54) is 18.4 Å². The van der Waals surface area contributed by atoms with E-state index in [2.05, 4.69) is 27.3 Å². The number of hydrogen-bond acceptors (Lipinski definition) is 4. The van der Waals surface area contributed by atoms with Gasteiger partial charge in [-0.25, -0.2) is 4.98 Å². The largest absolute Gasteiger partial charge is 0.348 e. The molecule has 1 aliphatic heterocycles. The van der Waals surface area contributed by atoms with Gasteiger partial charge in [-0.15, -0.1) is 11.3 Å². The fraction of sp³-hybridized carbons (Fsp3) is 0.474. The molecule has 1 saturated heterocycles. The number of piperidine rings is 1. The molecule has 126 valence electrons. The standard InChI is InChI=1S/C19H23N3OS/c23-19(20-15-8-10-22(11-9-15)16-6-7-16)17-13-24-18(21-17)12-14-4-2-1-3-5-14/h1-5,13,15-16H,6-12H2,(H,20,23). The molecular weight excluding hydrogens is 318 g/mol. The summed E-state index contributed by atoms with van der Waals surface area (Å²) in [6.07, 6.45) is 5.63. The lowest BCUT2D eigenvalue weighted by Gasteiger charge is -2.32. The third kappa shape index (κ3) is 3.84. The zero-order chi connectivity index (χ0) is 16.4. The van der Waals surface area contributed by atoms with Crippen LogP contribution in [-0.4, -0.2) is 41.0 Å². The first-order valence-corrected chi connectivity index (χ1v) is 9.69. The van der Waals surface area contributed by atoms with Crippen LogP contribution in [0.4, 0.5) is 0 Å². The molecule has 0 atom stereocenters. The van der Waals surface area contributed by atoms with Crippen LogP contribution in [0.2, 0.25) is 0 Å². The number of amides is 1. The molecule has 2 heterocycles. The van der Waals surface area contributed by atoms with Crippen LogP contribution in [0.5, 0.6) is 0 Å². The van der Waals surface area contributed by atoms with Crippen molar-refractivity contribution in [3.63, 3.8) is 0 Å². The van der Waals surface area contributed by atoms with E-state index in [-0.39, 0.29) is 5.91 Å². The fourth-order valence-corrected chi connectivity index (χ4v) is 4.18. The Kier molecular flexibility index (Phi) is 4.63. The minimum atomic E-state index is -0.0181. The van der Waals surface area contributed by atoms with E-state index >= 15 is 0 Å². The number of thiazole rings is 1. The molecular formula is C19H23N3OS. The van der Waals surface area contributed by atoms with Crippen LogP contribution in [-0.2, 0) is 6.42 Å². The molecule has 1 saturated carbocycles. The normalized spacial score (nSPS) is 19.3. The number of aromatic nitrogens is 1. The number of carbonyl (C=O) groups excluding carboxylic acids is 1. The highest BCUT2D eigenvalue weighted by molar-refractivity contribution is 7.09. The van der Waals surface area contributed by atoms with Crippen LogP contribution in [0.1, 0.15) is 46.7 Å². The number of carbonyl (C=O) groups is 1. The second-order valence-electron chi connectivity index (χ2n) is 6.80. The van der Waals surface area contributed by atoms with Crippen molar-refractivity contribution < 1.29 is 4.79 Å². The molecule has 2 aliphatic rings. The molecule has 1 aromatic heterocycles. The van der Waals surface area contributed by atoms with Gasteiger partial charge in [0.15, 0.2) is 0 Å². The van der Waals surface area contributed by atoms with Crippen LogP contribution >= 0.6 is 11.3 Å². The number of hydrogen-bond donors (Lipinski definition) is 1. The molecule has 0 bridgehead atoms. The van der Waals surface area contributed by atoms with Gasteiger partial charge in [-0.3, -0.25) is 4.79 Å². The first-order chi connectivity index (χ1) is 11.8. The quantitative estimate of drug-likeness (QED) is 0.909. The Morgan fingerprint density at radius 3 is 2.62 bits per heavy atom. The number of rotatable bonds is 5. The maximum absolute atomic E-state index is 12.4. The number of nitrogens with one attached hydrogen (secondary N) is 1. The lowest BCUT2D eigenvalue weighted by Crippen LogP contribution is -2.45. The Labute approximate surface area is 146 Å². The lowest BCUT2D eigenvalue weighted by molar-refractivity contribution is 0.0904. The number of nitrogens with zero attached hydrogens (tertiary/aromatic N) is 2. The summed E-state index contributed by atoms with van der Waals surface area (Å²) in [4.78, 5) is 19.5. The molecule has 4 nitrogen and oxygen atoms in total. The molecule has 24 heavy (non-hydrogen) atoms. The average Bonchev–Trinajstić information content (AvgIpc) is 3.36. The highest BCUT2D eigenvalue weighted by Gasteiger charge is 2.32. The van der Waals surface area contributed by atoms with Crippen LogP contribution < -0.4 is 5.32 Å². The first kappa shape index (κ1) is 15.8. The van der Waals surface area contributed by atoms with Crippen molar-refractivity contribution in [2.75, 3.05) is 13.1 Å². The first-order valence-electron chi connectivity index (χ1n) is 8.81. The summed E-state index contributed by atoms with van der Waals surface area (Å²) in [5, 5.41) is 6.05. The van der Waals surface area contributed by atoms with E-state index in [0.29, 0.717) is 11.7 Å². The summed E-state index contributed by atoms with van der Waals surface area (Å²) in [5.74, 6) is -0.0181. The monoisotopic (exact) mass is 341 g/mol. The van der Waals surface area contributed by atoms with Gasteiger partial charge in [0.1, 0.15) is 5.69 Å². The Bertz CT molecular complexity index is 688. The van der Waals surface area contributed by atoms with Crippen molar-refractivity contribution >= 4 is 17.2 Å². The zero-order valence-electron chi connectivity index (χ0n) is 13.8. The minimum absolute atomic E-state index is 0.0181. The molecule has 4 rings (SSSR count). The van der Waals surface area contributed by atoms with Gasteiger partial charge < -0.3 is 10.2 Å². The summed E-state index contributed by atoms with van der Waals surface area (Å²) in [7, 11) is 0. The van der Waals surface area contributed by atoms with E-state index in [1.54, 1.807) is 11.3 Å². The van der Waals surface area contributed by atoms with Crippen LogP contribution in [0.25, 0.3) is 0 Å². The van der Waals surface area contributed by atoms with E-state index in [1.807, 2.05) is 23.6 Å². The molecule has 2 aromatic rings. The van der Waals surface area contributed by atoms with Crippen molar-refractivity contribution in [3.05, 3.63) is 52.0 Å². The predicted molar refractivity (Wildman–Crippen MR) is 96.4 cm³/mol. The fourth-order valence-electron chi connectivity index (χ4n) is 3.37. The van der Waals surface area contributed by atoms with E-state index in [4.69, 9.17) is 0 Å². The Balaban J connectivity index is 1.30. The van der Waals surface area contributed by atoms with Crippen molar-refractivity contribution in [1.82, 2.24) is 15.2 Å². The number of benzene rings is 1. The van der Waals surface area contributed by atoms with Gasteiger partial charge in [-0.2, -0.15) is 0 Å². The molecule has 1 aromatic carbocycles. The van der Waals surface area contributed by atoms with Gasteiger partial charge in [0, 0.05) is 37.0 Å². The summed E-state index contributed by atoms with van der Waals surface area (Å²) in [5.41, 5.74) is 1.79. The highest BCUT2D eigenvalue weighted by atomic mass is 32.1. The van der Waals surface area contributed by atoms with Crippen molar-refractivity contribution in [3.8, 4) is 0 Å². The average molecular weight is 341 g/mol. The minimum Gasteiger partial charge on any atom is -0.348 e. The van der Waals surface area contributed by atoms with E-state index < -0.39 is 0 Å². The Hall–Kier alpha value is -1.72. The summed E-state index contributed by atoms with van der Waals surface area (Å²) >= 11 is 1.57. The molecule has 2 fully saturated rings. The molecule has 1 amide bonds.